The number of benzene rings is 2. The molecule has 0 saturated carbocycles. The van der Waals surface area contributed by atoms with Crippen LogP contribution in [0.2, 0.25) is 0 Å². The number of rotatable bonds is 5. The van der Waals surface area contributed by atoms with Crippen molar-refractivity contribution >= 4 is 11.7 Å². The van der Waals surface area contributed by atoms with Crippen molar-refractivity contribution in [2.75, 3.05) is 11.9 Å². The Hall–Kier alpha value is -3.41. The standard InChI is InChI=1S/C22H20FN3O2/c1-3-11-28-19-10-5-4-9-17(19)18-13-20(27)24-22-21(18)14(2)25-26(22)16-8-6-7-15(23)12-16/h3-10,12,18H,1,11,13H2,2H3,(H,24,27). The summed E-state index contributed by atoms with van der Waals surface area (Å²) < 4.78 is 21.1. The number of aromatic nitrogens is 2. The predicted octanol–water partition coefficient (Wildman–Crippen LogP) is 4.36. The van der Waals surface area contributed by atoms with E-state index in [0.29, 0.717) is 23.9 Å². The van der Waals surface area contributed by atoms with Gasteiger partial charge in [0.15, 0.2) is 0 Å². The molecule has 142 valence electrons. The predicted molar refractivity (Wildman–Crippen MR) is 105 cm³/mol. The minimum absolute atomic E-state index is 0.117. The van der Waals surface area contributed by atoms with E-state index in [1.165, 1.54) is 12.1 Å². The van der Waals surface area contributed by atoms with Crippen LogP contribution in [0, 0.1) is 12.7 Å². The molecule has 2 aromatic carbocycles. The minimum atomic E-state index is -0.360. The summed E-state index contributed by atoms with van der Waals surface area (Å²) >= 11 is 0. The summed E-state index contributed by atoms with van der Waals surface area (Å²) in [6.45, 7) is 5.97. The Labute approximate surface area is 162 Å². The van der Waals surface area contributed by atoms with Crippen LogP contribution in [-0.4, -0.2) is 22.3 Å². The lowest BCUT2D eigenvalue weighted by molar-refractivity contribution is -0.116. The van der Waals surface area contributed by atoms with E-state index in [4.69, 9.17) is 4.74 Å². The van der Waals surface area contributed by atoms with E-state index in [1.54, 1.807) is 22.9 Å². The van der Waals surface area contributed by atoms with Gasteiger partial charge >= 0.3 is 0 Å². The molecule has 4 rings (SSSR count). The monoisotopic (exact) mass is 377 g/mol. The van der Waals surface area contributed by atoms with Crippen molar-refractivity contribution in [2.24, 2.45) is 0 Å². The maximum Gasteiger partial charge on any atom is 0.226 e. The number of anilines is 1. The second-order valence-corrected chi connectivity index (χ2v) is 6.68. The van der Waals surface area contributed by atoms with Gasteiger partial charge in [-0.1, -0.05) is 36.9 Å². The fourth-order valence-electron chi connectivity index (χ4n) is 3.66. The first-order chi connectivity index (χ1) is 13.6. The summed E-state index contributed by atoms with van der Waals surface area (Å²) in [5.41, 5.74) is 3.17. The highest BCUT2D eigenvalue weighted by Gasteiger charge is 2.34. The highest BCUT2D eigenvalue weighted by Crippen LogP contribution is 2.43. The summed E-state index contributed by atoms with van der Waals surface area (Å²) in [6, 6.07) is 13.8. The highest BCUT2D eigenvalue weighted by atomic mass is 19.1. The Morgan fingerprint density at radius 3 is 2.93 bits per heavy atom. The second kappa shape index (κ2) is 7.31. The molecule has 2 heterocycles. The van der Waals surface area contributed by atoms with E-state index in [-0.39, 0.29) is 24.1 Å². The molecule has 0 saturated heterocycles. The van der Waals surface area contributed by atoms with Gasteiger partial charge in [0.2, 0.25) is 5.91 Å². The summed E-state index contributed by atoms with van der Waals surface area (Å²) in [4.78, 5) is 12.5. The number of carbonyl (C=O) groups is 1. The number of ether oxygens (including phenoxy) is 1. The van der Waals surface area contributed by atoms with E-state index >= 15 is 0 Å². The average Bonchev–Trinajstić information content (AvgIpc) is 3.02. The van der Waals surface area contributed by atoms with E-state index in [9.17, 15) is 9.18 Å². The normalized spacial score (nSPS) is 15.6. The Balaban J connectivity index is 1.85. The lowest BCUT2D eigenvalue weighted by atomic mass is 9.85. The molecule has 1 N–H and O–H groups in total. The molecular formula is C22H20FN3O2. The number of halogens is 1. The zero-order chi connectivity index (χ0) is 19.7. The summed E-state index contributed by atoms with van der Waals surface area (Å²) in [5, 5.41) is 7.50. The summed E-state index contributed by atoms with van der Waals surface area (Å²) in [5.74, 6) is 0.607. The first kappa shape index (κ1) is 18.0. The van der Waals surface area contributed by atoms with Gasteiger partial charge in [-0.25, -0.2) is 9.07 Å². The fraction of sp³-hybridized carbons (Fsp3) is 0.182. The Bertz CT molecular complexity index is 1060. The van der Waals surface area contributed by atoms with Crippen molar-refractivity contribution < 1.29 is 13.9 Å². The zero-order valence-electron chi connectivity index (χ0n) is 15.5. The third-order valence-electron chi connectivity index (χ3n) is 4.81. The van der Waals surface area contributed by atoms with Crippen LogP contribution in [0.4, 0.5) is 10.2 Å². The van der Waals surface area contributed by atoms with Gasteiger partial charge in [0.1, 0.15) is 24.0 Å². The van der Waals surface area contributed by atoms with Gasteiger partial charge in [-0.2, -0.15) is 5.10 Å². The summed E-state index contributed by atoms with van der Waals surface area (Å²) in [6.07, 6.45) is 1.97. The molecule has 1 atom stereocenters. The third-order valence-corrected chi connectivity index (χ3v) is 4.81. The number of fused-ring (bicyclic) bond motifs is 1. The lowest BCUT2D eigenvalue weighted by Gasteiger charge is -2.26. The van der Waals surface area contributed by atoms with Crippen molar-refractivity contribution in [1.82, 2.24) is 9.78 Å². The van der Waals surface area contributed by atoms with Crippen molar-refractivity contribution in [3.8, 4) is 11.4 Å². The molecule has 1 aliphatic rings. The molecule has 0 spiro atoms. The molecule has 0 fully saturated rings. The molecule has 1 unspecified atom stereocenters. The van der Waals surface area contributed by atoms with Crippen LogP contribution in [-0.2, 0) is 4.79 Å². The van der Waals surface area contributed by atoms with Crippen LogP contribution in [0.1, 0.15) is 29.2 Å². The first-order valence-corrected chi connectivity index (χ1v) is 9.06. The molecule has 1 amide bonds. The van der Waals surface area contributed by atoms with E-state index in [1.807, 2.05) is 31.2 Å². The Kier molecular flexibility index (Phi) is 4.69. The topological polar surface area (TPSA) is 56.1 Å². The molecule has 1 aliphatic heterocycles. The van der Waals surface area contributed by atoms with Gasteiger partial charge < -0.3 is 10.1 Å². The number of nitrogens with one attached hydrogen (secondary N) is 1. The van der Waals surface area contributed by atoms with Crippen LogP contribution < -0.4 is 10.1 Å². The van der Waals surface area contributed by atoms with Crippen molar-refractivity contribution in [2.45, 2.75) is 19.3 Å². The number of nitrogens with zero attached hydrogens (tertiary/aromatic N) is 2. The Morgan fingerprint density at radius 2 is 2.14 bits per heavy atom. The van der Waals surface area contributed by atoms with Gasteiger partial charge in [-0.3, -0.25) is 4.79 Å². The molecule has 5 nitrogen and oxygen atoms in total. The number of aryl methyl sites for hydroxylation is 1. The van der Waals surface area contributed by atoms with Crippen LogP contribution in [0.15, 0.2) is 61.2 Å². The van der Waals surface area contributed by atoms with Crippen LogP contribution in [0.25, 0.3) is 5.69 Å². The maximum atomic E-state index is 13.7. The number of amides is 1. The molecule has 0 aliphatic carbocycles. The first-order valence-electron chi connectivity index (χ1n) is 9.06. The molecule has 1 aromatic heterocycles. The van der Waals surface area contributed by atoms with Gasteiger partial charge in [0, 0.05) is 23.5 Å². The van der Waals surface area contributed by atoms with Crippen molar-refractivity contribution in [3.05, 3.63) is 83.8 Å². The SMILES string of the molecule is C=CCOc1ccccc1C1CC(=O)Nc2c1c(C)nn2-c1cccc(F)c1. The average molecular weight is 377 g/mol. The number of hydrogen-bond donors (Lipinski definition) is 1. The Morgan fingerprint density at radius 1 is 1.32 bits per heavy atom. The minimum Gasteiger partial charge on any atom is -0.489 e. The van der Waals surface area contributed by atoms with Crippen LogP contribution >= 0.6 is 0 Å². The molecule has 0 radical (unpaired) electrons. The number of hydrogen-bond acceptors (Lipinski definition) is 3. The van der Waals surface area contributed by atoms with Crippen LogP contribution in [0.3, 0.4) is 0 Å². The molecule has 0 bridgehead atoms. The third kappa shape index (κ3) is 3.17. The summed E-state index contributed by atoms with van der Waals surface area (Å²) in [7, 11) is 0. The number of carbonyl (C=O) groups excluding carboxylic acids is 1. The largest absolute Gasteiger partial charge is 0.489 e. The van der Waals surface area contributed by atoms with Gasteiger partial charge in [-0.15, -0.1) is 0 Å². The molecule has 3 aromatic rings. The van der Waals surface area contributed by atoms with Gasteiger partial charge in [0.25, 0.3) is 0 Å². The van der Waals surface area contributed by atoms with E-state index in [0.717, 1.165) is 16.8 Å². The maximum absolute atomic E-state index is 13.7. The second-order valence-electron chi connectivity index (χ2n) is 6.68. The quantitative estimate of drug-likeness (QED) is 0.672. The smallest absolute Gasteiger partial charge is 0.226 e. The van der Waals surface area contributed by atoms with E-state index < -0.39 is 0 Å². The van der Waals surface area contributed by atoms with Gasteiger partial charge in [-0.05, 0) is 31.2 Å². The molecule has 28 heavy (non-hydrogen) atoms. The number of para-hydroxylation sites is 1. The van der Waals surface area contributed by atoms with Crippen molar-refractivity contribution in [3.63, 3.8) is 0 Å². The molecule has 6 heteroatoms. The van der Waals surface area contributed by atoms with Crippen molar-refractivity contribution in [1.29, 1.82) is 0 Å². The molecular weight excluding hydrogens is 357 g/mol. The zero-order valence-corrected chi connectivity index (χ0v) is 15.5. The van der Waals surface area contributed by atoms with Crippen LogP contribution in [0.5, 0.6) is 5.75 Å². The highest BCUT2D eigenvalue weighted by molar-refractivity contribution is 5.95. The van der Waals surface area contributed by atoms with Gasteiger partial charge in [0.05, 0.1) is 11.4 Å². The lowest BCUT2D eigenvalue weighted by Crippen LogP contribution is -2.25. The fourth-order valence-corrected chi connectivity index (χ4v) is 3.66. The van der Waals surface area contributed by atoms with E-state index in [2.05, 4.69) is 17.0 Å².